The summed E-state index contributed by atoms with van der Waals surface area (Å²) in [5, 5.41) is 3.35. The number of aromatic amines is 1. The maximum absolute atomic E-state index is 3.35. The number of rotatable bonds is 6. The zero-order valence-corrected chi connectivity index (χ0v) is 8.51. The van der Waals surface area contributed by atoms with Crippen molar-refractivity contribution in [2.24, 2.45) is 0 Å². The predicted octanol–water partition coefficient (Wildman–Crippen LogP) is 1.77. The van der Waals surface area contributed by atoms with Crippen molar-refractivity contribution in [3.05, 3.63) is 18.5 Å². The normalized spacial score (nSPS) is 10.7. The molecule has 3 heteroatoms. The van der Waals surface area contributed by atoms with Gasteiger partial charge >= 0.3 is 0 Å². The summed E-state index contributed by atoms with van der Waals surface area (Å²) in [6.45, 7) is 2.24. The van der Waals surface area contributed by atoms with E-state index in [1.807, 2.05) is 18.5 Å². The van der Waals surface area contributed by atoms with Crippen molar-refractivity contribution < 1.29 is 0 Å². The van der Waals surface area contributed by atoms with Crippen LogP contribution in [0.15, 0.2) is 18.5 Å². The van der Waals surface area contributed by atoms with Crippen molar-refractivity contribution in [3.8, 4) is 0 Å². The van der Waals surface area contributed by atoms with Crippen molar-refractivity contribution in [3.63, 3.8) is 0 Å². The lowest BCUT2D eigenvalue weighted by molar-refractivity contribution is 0.396. The first-order valence-corrected chi connectivity index (χ1v) is 4.80. The molecule has 74 valence electrons. The SMILES string of the molecule is CN(C)CCCCNc1cc[nH]c1. The molecular formula is C10H19N3. The van der Waals surface area contributed by atoms with Crippen LogP contribution >= 0.6 is 0 Å². The summed E-state index contributed by atoms with van der Waals surface area (Å²) in [7, 11) is 4.22. The molecule has 0 saturated carbocycles. The number of unbranched alkanes of at least 4 members (excludes halogenated alkanes) is 1. The molecule has 0 aliphatic rings. The van der Waals surface area contributed by atoms with Gasteiger partial charge in [0.2, 0.25) is 0 Å². The molecule has 1 aromatic heterocycles. The van der Waals surface area contributed by atoms with E-state index in [0.29, 0.717) is 0 Å². The van der Waals surface area contributed by atoms with Crippen molar-refractivity contribution in [2.45, 2.75) is 12.8 Å². The molecule has 0 atom stereocenters. The van der Waals surface area contributed by atoms with Gasteiger partial charge in [0.05, 0.1) is 5.69 Å². The van der Waals surface area contributed by atoms with Gasteiger partial charge in [-0.3, -0.25) is 0 Å². The highest BCUT2D eigenvalue weighted by Gasteiger charge is 1.92. The number of nitrogens with one attached hydrogen (secondary N) is 2. The maximum Gasteiger partial charge on any atom is 0.0517 e. The lowest BCUT2D eigenvalue weighted by Crippen LogP contribution is -2.14. The summed E-state index contributed by atoms with van der Waals surface area (Å²) in [5.41, 5.74) is 1.19. The molecule has 13 heavy (non-hydrogen) atoms. The van der Waals surface area contributed by atoms with Gasteiger partial charge in [-0.15, -0.1) is 0 Å². The third kappa shape index (κ3) is 4.58. The summed E-state index contributed by atoms with van der Waals surface area (Å²) in [5.74, 6) is 0. The Morgan fingerprint density at radius 2 is 2.23 bits per heavy atom. The lowest BCUT2D eigenvalue weighted by Gasteiger charge is -2.09. The van der Waals surface area contributed by atoms with Crippen LogP contribution in [0.3, 0.4) is 0 Å². The molecule has 0 fully saturated rings. The van der Waals surface area contributed by atoms with Gasteiger partial charge in [0.1, 0.15) is 0 Å². The number of nitrogens with zero attached hydrogens (tertiary/aromatic N) is 1. The average molecular weight is 181 g/mol. The molecule has 0 aromatic carbocycles. The minimum atomic E-state index is 1.06. The molecule has 0 unspecified atom stereocenters. The highest BCUT2D eigenvalue weighted by Crippen LogP contribution is 2.03. The second kappa shape index (κ2) is 5.65. The van der Waals surface area contributed by atoms with Gasteiger partial charge in [-0.05, 0) is 39.5 Å². The van der Waals surface area contributed by atoms with E-state index in [4.69, 9.17) is 0 Å². The molecule has 0 amide bonds. The average Bonchev–Trinajstić information content (AvgIpc) is 2.55. The molecule has 3 nitrogen and oxygen atoms in total. The van der Waals surface area contributed by atoms with E-state index < -0.39 is 0 Å². The highest BCUT2D eigenvalue weighted by molar-refractivity contribution is 5.39. The van der Waals surface area contributed by atoms with E-state index in [2.05, 4.69) is 29.3 Å². The van der Waals surface area contributed by atoms with Gasteiger partial charge in [0, 0.05) is 18.9 Å². The van der Waals surface area contributed by atoms with Crippen molar-refractivity contribution in [2.75, 3.05) is 32.5 Å². The van der Waals surface area contributed by atoms with Gasteiger partial charge in [-0.25, -0.2) is 0 Å². The van der Waals surface area contributed by atoms with Crippen LogP contribution < -0.4 is 5.32 Å². The number of hydrogen-bond donors (Lipinski definition) is 2. The molecule has 1 aromatic rings. The van der Waals surface area contributed by atoms with Crippen LogP contribution in [-0.2, 0) is 0 Å². The van der Waals surface area contributed by atoms with Crippen LogP contribution in [0.25, 0.3) is 0 Å². The molecular weight excluding hydrogens is 162 g/mol. The largest absolute Gasteiger partial charge is 0.384 e. The van der Waals surface area contributed by atoms with Crippen LogP contribution in [0, 0.1) is 0 Å². The minimum absolute atomic E-state index is 1.06. The molecule has 0 saturated heterocycles. The summed E-state index contributed by atoms with van der Waals surface area (Å²) in [4.78, 5) is 5.24. The Labute approximate surface area is 80.1 Å². The Kier molecular flexibility index (Phi) is 4.40. The summed E-state index contributed by atoms with van der Waals surface area (Å²) in [6.07, 6.45) is 6.39. The summed E-state index contributed by atoms with van der Waals surface area (Å²) < 4.78 is 0. The van der Waals surface area contributed by atoms with Crippen molar-refractivity contribution in [1.82, 2.24) is 9.88 Å². The molecule has 2 N–H and O–H groups in total. The zero-order chi connectivity index (χ0) is 9.52. The third-order valence-electron chi connectivity index (χ3n) is 1.96. The fraction of sp³-hybridized carbons (Fsp3) is 0.600. The maximum atomic E-state index is 3.35. The Morgan fingerprint density at radius 1 is 1.38 bits per heavy atom. The van der Waals surface area contributed by atoms with E-state index in [-0.39, 0.29) is 0 Å². The Morgan fingerprint density at radius 3 is 2.85 bits per heavy atom. The monoisotopic (exact) mass is 181 g/mol. The number of hydrogen-bond acceptors (Lipinski definition) is 2. The topological polar surface area (TPSA) is 31.1 Å². The number of anilines is 1. The van der Waals surface area contributed by atoms with E-state index in [0.717, 1.165) is 6.54 Å². The molecule has 1 rings (SSSR count). The van der Waals surface area contributed by atoms with E-state index in [1.54, 1.807) is 0 Å². The highest BCUT2D eigenvalue weighted by atomic mass is 15.0. The van der Waals surface area contributed by atoms with Crippen molar-refractivity contribution in [1.29, 1.82) is 0 Å². The number of H-pyrrole nitrogens is 1. The van der Waals surface area contributed by atoms with Crippen LogP contribution in [0.4, 0.5) is 5.69 Å². The Hall–Kier alpha value is -0.960. The minimum Gasteiger partial charge on any atom is -0.384 e. The molecule has 0 bridgehead atoms. The van der Waals surface area contributed by atoms with E-state index in [9.17, 15) is 0 Å². The first kappa shape index (κ1) is 10.1. The molecule has 1 heterocycles. The van der Waals surface area contributed by atoms with Crippen LogP contribution in [0.5, 0.6) is 0 Å². The van der Waals surface area contributed by atoms with Gasteiger partial charge in [-0.2, -0.15) is 0 Å². The standard InChI is InChI=1S/C10H19N3/c1-13(2)8-4-3-6-12-10-5-7-11-9-10/h5,7,9,11-12H,3-4,6,8H2,1-2H3. The lowest BCUT2D eigenvalue weighted by atomic mass is 10.3. The molecule has 0 aliphatic carbocycles. The predicted molar refractivity (Wildman–Crippen MR) is 57.1 cm³/mol. The van der Waals surface area contributed by atoms with Gasteiger partial charge in [-0.1, -0.05) is 0 Å². The third-order valence-corrected chi connectivity index (χ3v) is 1.96. The van der Waals surface area contributed by atoms with Crippen molar-refractivity contribution >= 4 is 5.69 Å². The van der Waals surface area contributed by atoms with Crippen LogP contribution in [0.1, 0.15) is 12.8 Å². The van der Waals surface area contributed by atoms with Gasteiger partial charge < -0.3 is 15.2 Å². The smallest absolute Gasteiger partial charge is 0.0517 e. The second-order valence-electron chi connectivity index (χ2n) is 3.54. The fourth-order valence-electron chi connectivity index (χ4n) is 1.22. The first-order valence-electron chi connectivity index (χ1n) is 4.80. The van der Waals surface area contributed by atoms with E-state index in [1.165, 1.54) is 25.1 Å². The quantitative estimate of drug-likeness (QED) is 0.655. The molecule has 0 radical (unpaired) electrons. The molecule has 0 aliphatic heterocycles. The van der Waals surface area contributed by atoms with Crippen LogP contribution in [-0.4, -0.2) is 37.1 Å². The summed E-state index contributed by atoms with van der Waals surface area (Å²) >= 11 is 0. The fourth-order valence-corrected chi connectivity index (χ4v) is 1.22. The summed E-state index contributed by atoms with van der Waals surface area (Å²) in [6, 6.07) is 2.05. The first-order chi connectivity index (χ1) is 6.29. The number of aromatic nitrogens is 1. The van der Waals surface area contributed by atoms with E-state index >= 15 is 0 Å². The Bertz CT molecular complexity index is 204. The zero-order valence-electron chi connectivity index (χ0n) is 8.51. The Balaban J connectivity index is 1.96. The second-order valence-corrected chi connectivity index (χ2v) is 3.54. The van der Waals surface area contributed by atoms with Crippen LogP contribution in [0.2, 0.25) is 0 Å². The molecule has 0 spiro atoms. The van der Waals surface area contributed by atoms with Gasteiger partial charge in [0.25, 0.3) is 0 Å². The van der Waals surface area contributed by atoms with Gasteiger partial charge in [0.15, 0.2) is 0 Å².